The monoisotopic (exact) mass is 279 g/mol. The van der Waals surface area contributed by atoms with Crippen molar-refractivity contribution in [2.75, 3.05) is 6.61 Å². The Kier molecular flexibility index (Phi) is 3.19. The molecule has 0 bridgehead atoms. The highest BCUT2D eigenvalue weighted by atomic mass is 32.1. The summed E-state index contributed by atoms with van der Waals surface area (Å²) < 4.78 is 23.7. The van der Waals surface area contributed by atoms with Gasteiger partial charge in [0.15, 0.2) is 11.9 Å². The summed E-state index contributed by atoms with van der Waals surface area (Å²) in [6, 6.07) is 0.0862. The first-order valence-corrected chi connectivity index (χ1v) is 6.29. The van der Waals surface area contributed by atoms with Crippen LogP contribution in [0.1, 0.15) is 13.3 Å². The fraction of sp³-hybridized carbons (Fsp3) is 0.300. The maximum Gasteiger partial charge on any atom is 0.330 e. The molecule has 3 aromatic rings. The molecular formula is C10H9N5O3S. The molecule has 9 heteroatoms. The molecule has 0 saturated heterocycles. The Morgan fingerprint density at radius 3 is 3.11 bits per heavy atom. The van der Waals surface area contributed by atoms with E-state index in [-0.39, 0.29) is 6.01 Å². The highest BCUT2D eigenvalue weighted by molar-refractivity contribution is 6.99. The maximum atomic E-state index is 5.50. The van der Waals surface area contributed by atoms with Crippen LogP contribution < -0.4 is 9.47 Å². The first kappa shape index (κ1) is 11.8. The quantitative estimate of drug-likeness (QED) is 0.700. The Labute approximate surface area is 111 Å². The van der Waals surface area contributed by atoms with Crippen LogP contribution in [0, 0.1) is 0 Å². The van der Waals surface area contributed by atoms with E-state index in [1.165, 1.54) is 12.6 Å². The molecule has 19 heavy (non-hydrogen) atoms. The van der Waals surface area contributed by atoms with E-state index in [2.05, 4.69) is 23.7 Å². The predicted molar refractivity (Wildman–Crippen MR) is 65.4 cm³/mol. The van der Waals surface area contributed by atoms with Gasteiger partial charge in [0.2, 0.25) is 0 Å². The summed E-state index contributed by atoms with van der Waals surface area (Å²) in [7, 11) is 0. The van der Waals surface area contributed by atoms with Crippen LogP contribution in [-0.2, 0) is 0 Å². The van der Waals surface area contributed by atoms with Gasteiger partial charge in [-0.25, -0.2) is 4.98 Å². The Morgan fingerprint density at radius 1 is 1.37 bits per heavy atom. The first-order valence-electron chi connectivity index (χ1n) is 5.56. The molecule has 0 aliphatic carbocycles. The minimum Gasteiger partial charge on any atom is -0.476 e. The van der Waals surface area contributed by atoms with Gasteiger partial charge in [0.05, 0.1) is 18.3 Å². The average molecular weight is 279 g/mol. The molecular weight excluding hydrogens is 270 g/mol. The number of oxazole rings is 1. The Morgan fingerprint density at radius 2 is 2.32 bits per heavy atom. The van der Waals surface area contributed by atoms with Crippen LogP contribution >= 0.6 is 11.7 Å². The fourth-order valence-electron chi connectivity index (χ4n) is 1.36. The van der Waals surface area contributed by atoms with Crippen molar-refractivity contribution in [2.24, 2.45) is 0 Å². The minimum atomic E-state index is 0.0862. The molecule has 0 aliphatic heterocycles. The van der Waals surface area contributed by atoms with Gasteiger partial charge in [0.25, 0.3) is 17.5 Å². The van der Waals surface area contributed by atoms with Gasteiger partial charge in [-0.1, -0.05) is 6.92 Å². The first-order chi connectivity index (χ1) is 9.36. The zero-order chi connectivity index (χ0) is 13.1. The van der Waals surface area contributed by atoms with Crippen molar-refractivity contribution in [1.82, 2.24) is 23.7 Å². The molecule has 0 unspecified atom stereocenters. The standard InChI is InChI=1S/C10H9N5O3S/c1-2-3-16-8-7-9(17-5-11-7)14-10(13-8)18-6-4-12-19-15-6/h4-5H,2-3H2,1H3. The number of nitrogens with zero attached hydrogens (tertiary/aromatic N) is 5. The number of rotatable bonds is 5. The van der Waals surface area contributed by atoms with E-state index in [4.69, 9.17) is 13.9 Å². The summed E-state index contributed by atoms with van der Waals surface area (Å²) in [6.45, 7) is 2.52. The number of fused-ring (bicyclic) bond motifs is 1. The lowest BCUT2D eigenvalue weighted by molar-refractivity contribution is 0.302. The van der Waals surface area contributed by atoms with E-state index in [1.54, 1.807) is 0 Å². The van der Waals surface area contributed by atoms with Gasteiger partial charge in [-0.05, 0) is 6.42 Å². The van der Waals surface area contributed by atoms with Crippen LogP contribution in [0.3, 0.4) is 0 Å². The molecule has 0 aliphatic rings. The van der Waals surface area contributed by atoms with Crippen molar-refractivity contribution < 1.29 is 13.9 Å². The number of hydrogen-bond acceptors (Lipinski definition) is 9. The average Bonchev–Trinajstić information content (AvgIpc) is 3.06. The van der Waals surface area contributed by atoms with Crippen molar-refractivity contribution in [3.63, 3.8) is 0 Å². The highest BCUT2D eigenvalue weighted by Gasteiger charge is 2.15. The second-order valence-electron chi connectivity index (χ2n) is 3.51. The zero-order valence-corrected chi connectivity index (χ0v) is 10.8. The molecule has 98 valence electrons. The van der Waals surface area contributed by atoms with E-state index in [0.717, 1.165) is 18.1 Å². The van der Waals surface area contributed by atoms with Crippen molar-refractivity contribution in [3.8, 4) is 17.8 Å². The second-order valence-corrected chi connectivity index (χ2v) is 4.07. The lowest BCUT2D eigenvalue weighted by atomic mass is 10.5. The Bertz CT molecular complexity index is 669. The van der Waals surface area contributed by atoms with E-state index >= 15 is 0 Å². The number of hydrogen-bond donors (Lipinski definition) is 0. The largest absolute Gasteiger partial charge is 0.476 e. The molecule has 0 aromatic carbocycles. The van der Waals surface area contributed by atoms with E-state index in [9.17, 15) is 0 Å². The minimum absolute atomic E-state index is 0.0862. The molecule has 8 nitrogen and oxygen atoms in total. The lowest BCUT2D eigenvalue weighted by Crippen LogP contribution is -2.01. The van der Waals surface area contributed by atoms with E-state index in [0.29, 0.717) is 29.6 Å². The number of ether oxygens (including phenoxy) is 2. The molecule has 0 radical (unpaired) electrons. The zero-order valence-electron chi connectivity index (χ0n) is 9.94. The van der Waals surface area contributed by atoms with Crippen LogP contribution in [0.25, 0.3) is 11.2 Å². The maximum absolute atomic E-state index is 5.50. The van der Waals surface area contributed by atoms with Gasteiger partial charge in [-0.2, -0.15) is 14.3 Å². The van der Waals surface area contributed by atoms with E-state index in [1.807, 2.05) is 6.92 Å². The van der Waals surface area contributed by atoms with Crippen LogP contribution in [0.4, 0.5) is 0 Å². The van der Waals surface area contributed by atoms with Crippen molar-refractivity contribution in [2.45, 2.75) is 13.3 Å². The second kappa shape index (κ2) is 5.14. The lowest BCUT2D eigenvalue weighted by Gasteiger charge is -2.05. The molecule has 0 fully saturated rings. The Hall–Kier alpha value is -2.29. The summed E-state index contributed by atoms with van der Waals surface area (Å²) in [5.41, 5.74) is 0.775. The van der Waals surface area contributed by atoms with Gasteiger partial charge < -0.3 is 13.9 Å². The van der Waals surface area contributed by atoms with Gasteiger partial charge in [0.1, 0.15) is 6.20 Å². The molecule has 3 aromatic heterocycles. The molecule has 0 atom stereocenters. The summed E-state index contributed by atoms with van der Waals surface area (Å²) >= 11 is 1.03. The summed E-state index contributed by atoms with van der Waals surface area (Å²) in [4.78, 5) is 12.2. The summed E-state index contributed by atoms with van der Waals surface area (Å²) in [5, 5.41) is 0. The SMILES string of the molecule is CCCOc1nc(Oc2cnsn2)nc2ocnc12. The van der Waals surface area contributed by atoms with Gasteiger partial charge >= 0.3 is 6.01 Å². The summed E-state index contributed by atoms with van der Waals surface area (Å²) in [6.07, 6.45) is 3.62. The van der Waals surface area contributed by atoms with E-state index < -0.39 is 0 Å². The molecule has 0 saturated carbocycles. The number of aromatic nitrogens is 5. The predicted octanol–water partition coefficient (Wildman–Crippen LogP) is 2.05. The molecule has 0 amide bonds. The van der Waals surface area contributed by atoms with Crippen LogP contribution in [-0.4, -0.2) is 30.3 Å². The Balaban J connectivity index is 1.95. The fourth-order valence-corrected chi connectivity index (χ4v) is 1.71. The van der Waals surface area contributed by atoms with Crippen molar-refractivity contribution >= 4 is 23.0 Å². The normalized spacial score (nSPS) is 10.8. The smallest absolute Gasteiger partial charge is 0.330 e. The molecule has 3 rings (SSSR count). The molecule has 0 spiro atoms. The third-order valence-corrected chi connectivity index (χ3v) is 2.59. The van der Waals surface area contributed by atoms with Crippen LogP contribution in [0.5, 0.6) is 17.8 Å². The topological polar surface area (TPSA) is 96.1 Å². The summed E-state index contributed by atoms with van der Waals surface area (Å²) in [5.74, 6) is 0.657. The third kappa shape index (κ3) is 2.45. The van der Waals surface area contributed by atoms with Gasteiger partial charge in [-0.3, -0.25) is 0 Å². The third-order valence-electron chi connectivity index (χ3n) is 2.13. The van der Waals surface area contributed by atoms with Crippen LogP contribution in [0.2, 0.25) is 0 Å². The highest BCUT2D eigenvalue weighted by Crippen LogP contribution is 2.25. The van der Waals surface area contributed by atoms with Crippen LogP contribution in [0.15, 0.2) is 17.0 Å². The van der Waals surface area contributed by atoms with Gasteiger partial charge in [0, 0.05) is 0 Å². The van der Waals surface area contributed by atoms with Gasteiger partial charge in [-0.15, -0.1) is 4.37 Å². The van der Waals surface area contributed by atoms with Crippen molar-refractivity contribution in [3.05, 3.63) is 12.6 Å². The molecule has 0 N–H and O–H groups in total. The molecule has 3 heterocycles. The van der Waals surface area contributed by atoms with Crippen molar-refractivity contribution in [1.29, 1.82) is 0 Å².